The van der Waals surface area contributed by atoms with E-state index in [-0.39, 0.29) is 42.7 Å². The predicted octanol–water partition coefficient (Wildman–Crippen LogP) is 6.45. The number of piperidine rings is 1. The van der Waals surface area contributed by atoms with Gasteiger partial charge in [-0.25, -0.2) is 4.98 Å². The van der Waals surface area contributed by atoms with Gasteiger partial charge >= 0.3 is 0 Å². The van der Waals surface area contributed by atoms with E-state index in [2.05, 4.69) is 47.9 Å². The number of amides is 2. The van der Waals surface area contributed by atoms with Crippen LogP contribution in [0, 0.1) is 19.8 Å². The zero-order valence-corrected chi connectivity index (χ0v) is 43.5. The third-order valence-electron chi connectivity index (χ3n) is 16.3. The number of phenolic OH excluding ortho intramolecular Hbond substituents is 1. The lowest BCUT2D eigenvalue weighted by Crippen LogP contribution is -2.60. The molecule has 4 aromatic rings. The van der Waals surface area contributed by atoms with Crippen molar-refractivity contribution in [2.75, 3.05) is 78.6 Å². The number of hydrogen-bond donors (Lipinski definition) is 4. The van der Waals surface area contributed by atoms with Crippen molar-refractivity contribution in [1.82, 2.24) is 40.1 Å². The number of hydrogen-bond acceptors (Lipinski definition) is 14. The van der Waals surface area contributed by atoms with Crippen LogP contribution in [0.3, 0.4) is 0 Å². The highest BCUT2D eigenvalue weighted by Crippen LogP contribution is 2.38. The Morgan fingerprint density at radius 1 is 0.958 bits per heavy atom. The Labute approximate surface area is 428 Å². The monoisotopic (exact) mass is 1000 g/mol. The second kappa shape index (κ2) is 21.5. The van der Waals surface area contributed by atoms with Crippen LogP contribution < -0.4 is 15.4 Å². The summed E-state index contributed by atoms with van der Waals surface area (Å²) in [5.41, 5.74) is 7.92. The molecule has 4 saturated heterocycles. The zero-order chi connectivity index (χ0) is 50.2. The maximum Gasteiger partial charge on any atom is 0.243 e. The summed E-state index contributed by atoms with van der Waals surface area (Å²) in [6.07, 6.45) is 5.15. The number of piperazine rings is 1. The third-order valence-corrected chi connectivity index (χ3v) is 17.2. The molecule has 384 valence electrons. The highest BCUT2D eigenvalue weighted by molar-refractivity contribution is 7.13. The van der Waals surface area contributed by atoms with Gasteiger partial charge in [0, 0.05) is 81.9 Å². The van der Waals surface area contributed by atoms with E-state index < -0.39 is 18.1 Å². The normalized spacial score (nSPS) is 25.3. The first kappa shape index (κ1) is 50.0. The number of thiazole rings is 1. The van der Waals surface area contributed by atoms with Gasteiger partial charge in [0.2, 0.25) is 11.8 Å². The zero-order valence-electron chi connectivity index (χ0n) is 42.6. The van der Waals surface area contributed by atoms with Crippen molar-refractivity contribution in [1.29, 1.82) is 0 Å². The van der Waals surface area contributed by atoms with Gasteiger partial charge in [-0.05, 0) is 94.4 Å². The number of phenols is 1. The van der Waals surface area contributed by atoms with Gasteiger partial charge in [-0.2, -0.15) is 0 Å². The topological polar surface area (TPSA) is 162 Å². The Kier molecular flexibility index (Phi) is 15.0. The third kappa shape index (κ3) is 10.5. The van der Waals surface area contributed by atoms with Gasteiger partial charge in [-0.3, -0.25) is 29.3 Å². The number of amidine groups is 1. The minimum atomic E-state index is -0.801. The number of nitrogens with zero attached hydrogens (tertiary/aromatic N) is 7. The Balaban J connectivity index is 0.683. The molecule has 0 spiro atoms. The number of carbonyl (C=O) groups is 2. The molecule has 2 unspecified atom stereocenters. The number of β-amino-alcohol motifs (C(OH)–C–C–N with tert-alkyl or cyclic N) is 1. The number of aliphatic imine (C=N–C) groups is 1. The quantitative estimate of drug-likeness (QED) is 0.102. The molecule has 4 N–H and O–H groups in total. The number of nitrogens with one attached hydrogen (secondary N) is 2. The van der Waals surface area contributed by atoms with E-state index in [1.807, 2.05) is 88.7 Å². The van der Waals surface area contributed by atoms with Crippen molar-refractivity contribution in [3.8, 4) is 21.9 Å². The standard InChI is InChI=1S/C56H73N9O6S/c1-34(2)52(56(69)65-32-44(66)25-48(65)55(68)60-36(4)39-11-13-40(14-12-39)53-37(5)59-33-72-53)51-27-50(38(6)71-51)70-24-23-61-18-15-42(30-61)62-19-16-41(17-20-62)63-21-22-64-43(31-63)29-58-54-47(64)26-46(35(3)28-57-54)45-9-7-8-10-49(45)67/h7-14,26-27,33-34,36,41-44,46,48,52,66-67H,3,15-25,28-32H2,1-2,4-6H3,(H,57,58)(H,60,68)/t36-,42?,43-,44+,46?,48-,52+/m0/s1. The van der Waals surface area contributed by atoms with Crippen LogP contribution in [0.25, 0.3) is 10.4 Å². The van der Waals surface area contributed by atoms with Gasteiger partial charge in [0.05, 0.1) is 52.4 Å². The minimum absolute atomic E-state index is 0.0712. The number of ether oxygens (including phenoxy) is 1. The Morgan fingerprint density at radius 3 is 2.49 bits per heavy atom. The summed E-state index contributed by atoms with van der Waals surface area (Å²) >= 11 is 1.60. The molecule has 6 aliphatic heterocycles. The number of allylic oxidation sites excluding steroid dienone is 1. The number of aromatic hydroxyl groups is 1. The number of benzene rings is 2. The second-order valence-corrected chi connectivity index (χ2v) is 22.2. The number of likely N-dealkylation sites (tertiary alicyclic amines) is 3. The number of aliphatic hydroxyl groups is 1. The molecule has 2 aromatic carbocycles. The highest BCUT2D eigenvalue weighted by Gasteiger charge is 2.44. The number of carbonyl (C=O) groups excluding carboxylic acids is 2. The molecule has 10 rings (SSSR count). The van der Waals surface area contributed by atoms with Crippen LogP contribution in [0.5, 0.6) is 11.5 Å². The van der Waals surface area contributed by atoms with Crippen LogP contribution in [0.15, 0.2) is 93.4 Å². The fraction of sp³-hybridized carbons (Fsp3) is 0.536. The van der Waals surface area contributed by atoms with Gasteiger partial charge < -0.3 is 39.8 Å². The van der Waals surface area contributed by atoms with Gasteiger partial charge in [-0.15, -0.1) is 11.3 Å². The number of rotatable bonds is 14. The Bertz CT molecular complexity index is 2650. The van der Waals surface area contributed by atoms with Gasteiger partial charge in [0.1, 0.15) is 35.8 Å². The van der Waals surface area contributed by atoms with Crippen molar-refractivity contribution in [3.05, 3.63) is 112 Å². The summed E-state index contributed by atoms with van der Waals surface area (Å²) in [6, 6.07) is 17.9. The number of aliphatic hydroxyl groups excluding tert-OH is 1. The molecular formula is C56H73N9O6S. The lowest BCUT2D eigenvalue weighted by Gasteiger charge is -2.49. The molecule has 2 aromatic heterocycles. The van der Waals surface area contributed by atoms with E-state index in [1.54, 1.807) is 22.3 Å². The van der Waals surface area contributed by atoms with Crippen LogP contribution in [0.1, 0.15) is 92.7 Å². The number of fused-ring (bicyclic) bond motifs is 3. The minimum Gasteiger partial charge on any atom is -0.508 e. The Morgan fingerprint density at radius 2 is 1.74 bits per heavy atom. The summed E-state index contributed by atoms with van der Waals surface area (Å²) in [5.74, 6) is 1.66. The molecule has 6 aliphatic rings. The molecule has 4 fully saturated rings. The van der Waals surface area contributed by atoms with E-state index in [0.29, 0.717) is 54.3 Å². The molecule has 72 heavy (non-hydrogen) atoms. The summed E-state index contributed by atoms with van der Waals surface area (Å²) in [7, 11) is 0. The molecule has 15 nitrogen and oxygen atoms in total. The van der Waals surface area contributed by atoms with Crippen LogP contribution in [0.4, 0.5) is 0 Å². The van der Waals surface area contributed by atoms with Gasteiger partial charge in [0.25, 0.3) is 0 Å². The maximum absolute atomic E-state index is 14.4. The second-order valence-electron chi connectivity index (χ2n) is 21.3. The summed E-state index contributed by atoms with van der Waals surface area (Å²) < 4.78 is 12.6. The number of furan rings is 1. The van der Waals surface area contributed by atoms with Gasteiger partial charge in [0.15, 0.2) is 5.75 Å². The summed E-state index contributed by atoms with van der Waals surface area (Å²) in [5, 5.41) is 28.2. The fourth-order valence-electron chi connectivity index (χ4n) is 12.2. The van der Waals surface area contributed by atoms with Crippen LogP contribution in [-0.4, -0.2) is 166 Å². The largest absolute Gasteiger partial charge is 0.508 e. The molecular weight excluding hydrogens is 927 g/mol. The highest BCUT2D eigenvalue weighted by atomic mass is 32.1. The SMILES string of the molecule is C=C1CNC2=NC[C@H]3CN(C4CCN(C5CCN(CCOc6cc([C@H](C(=O)N7C[C@H](O)C[C@H]7C(=O)N[C@@H](C)c7ccc(-c8scnc8C)cc7)C(C)C)oc6C)C5)CC4)CCN3C2=CC1c1ccccc1O. The fourth-order valence-corrected chi connectivity index (χ4v) is 13.0. The van der Waals surface area contributed by atoms with Crippen molar-refractivity contribution in [2.24, 2.45) is 10.9 Å². The summed E-state index contributed by atoms with van der Waals surface area (Å²) in [6.45, 7) is 24.3. The average Bonchev–Trinajstić information content (AvgIpc) is 4.18. The molecule has 7 atom stereocenters. The van der Waals surface area contributed by atoms with Crippen molar-refractivity contribution < 1.29 is 29.0 Å². The van der Waals surface area contributed by atoms with E-state index in [1.165, 1.54) is 12.8 Å². The molecule has 0 radical (unpaired) electrons. The van der Waals surface area contributed by atoms with Crippen molar-refractivity contribution >= 4 is 29.0 Å². The number of aryl methyl sites for hydroxylation is 2. The predicted molar refractivity (Wildman–Crippen MR) is 281 cm³/mol. The van der Waals surface area contributed by atoms with Crippen molar-refractivity contribution in [2.45, 2.75) is 108 Å². The van der Waals surface area contributed by atoms with Crippen LogP contribution in [-0.2, 0) is 9.59 Å². The first-order chi connectivity index (χ1) is 34.8. The smallest absolute Gasteiger partial charge is 0.243 e. The molecule has 2 amide bonds. The van der Waals surface area contributed by atoms with E-state index >= 15 is 0 Å². The van der Waals surface area contributed by atoms with Crippen molar-refractivity contribution in [3.63, 3.8) is 0 Å². The molecule has 0 aliphatic carbocycles. The van der Waals surface area contributed by atoms with E-state index in [9.17, 15) is 19.8 Å². The molecule has 0 saturated carbocycles. The summed E-state index contributed by atoms with van der Waals surface area (Å²) in [4.78, 5) is 50.8. The molecule has 8 heterocycles. The van der Waals surface area contributed by atoms with Crippen LogP contribution in [0.2, 0.25) is 0 Å². The first-order valence-corrected chi connectivity index (χ1v) is 27.1. The van der Waals surface area contributed by atoms with E-state index in [4.69, 9.17) is 14.1 Å². The number of aromatic nitrogens is 1. The van der Waals surface area contributed by atoms with E-state index in [0.717, 1.165) is 110 Å². The average molecular weight is 1000 g/mol. The molecule has 16 heteroatoms. The number of para-hydroxylation sites is 1. The lowest BCUT2D eigenvalue weighted by molar-refractivity contribution is -0.141. The first-order valence-electron chi connectivity index (χ1n) is 26.2. The van der Waals surface area contributed by atoms with Crippen LogP contribution >= 0.6 is 11.3 Å². The van der Waals surface area contributed by atoms with Gasteiger partial charge in [-0.1, -0.05) is 62.9 Å². The lowest BCUT2D eigenvalue weighted by atomic mass is 9.90. The maximum atomic E-state index is 14.4. The molecule has 0 bridgehead atoms. The Hall–Kier alpha value is -5.52.